The van der Waals surface area contributed by atoms with Gasteiger partial charge in [0.25, 0.3) is 0 Å². The molecule has 0 amide bonds. The molecular weight excluding hydrogens is 268 g/mol. The molecule has 2 rings (SSSR count). The first-order chi connectivity index (χ1) is 7.70. The molecule has 0 heterocycles. The lowest BCUT2D eigenvalue weighted by Gasteiger charge is -2.09. The minimum Gasteiger partial charge on any atom is -0.468 e. The van der Waals surface area contributed by atoms with Crippen LogP contribution in [0.2, 0.25) is 0 Å². The van der Waals surface area contributed by atoms with E-state index in [2.05, 4.69) is 34.1 Å². The maximum atomic E-state index is 11.3. The minimum absolute atomic E-state index is 0.208. The molecule has 16 heavy (non-hydrogen) atoms. The molecule has 3 heteroatoms. The molecule has 86 valence electrons. The second kappa shape index (κ2) is 5.00. The highest BCUT2D eigenvalue weighted by Crippen LogP contribution is 2.24. The Balaban J connectivity index is 2.08. The number of rotatable bonds is 3. The lowest BCUT2D eigenvalue weighted by molar-refractivity contribution is -0.139. The molecule has 0 radical (unpaired) electrons. The largest absolute Gasteiger partial charge is 0.468 e. The summed E-state index contributed by atoms with van der Waals surface area (Å²) in [6, 6.07) is 6.52. The summed E-state index contributed by atoms with van der Waals surface area (Å²) in [5.74, 6) is -0.208. The molecule has 0 aliphatic heterocycles. The van der Waals surface area contributed by atoms with Crippen LogP contribution in [0.3, 0.4) is 0 Å². The molecule has 0 spiro atoms. The van der Waals surface area contributed by atoms with Crippen LogP contribution < -0.4 is 0 Å². The predicted molar refractivity (Wildman–Crippen MR) is 66.9 cm³/mol. The number of aryl methyl sites for hydroxylation is 2. The van der Waals surface area contributed by atoms with Crippen LogP contribution in [0.1, 0.15) is 23.1 Å². The van der Waals surface area contributed by atoms with Crippen LogP contribution in [0.15, 0.2) is 18.2 Å². The Morgan fingerprint density at radius 2 is 2.19 bits per heavy atom. The second-order valence-electron chi connectivity index (χ2n) is 4.15. The fourth-order valence-electron chi connectivity index (χ4n) is 2.17. The minimum atomic E-state index is -0.239. The van der Waals surface area contributed by atoms with Crippen molar-refractivity contribution in [3.63, 3.8) is 0 Å². The Morgan fingerprint density at radius 1 is 1.44 bits per heavy atom. The smallest absolute Gasteiger partial charge is 0.319 e. The van der Waals surface area contributed by atoms with Crippen LogP contribution in [-0.4, -0.2) is 17.9 Å². The second-order valence-corrected chi connectivity index (χ2v) is 5.26. The van der Waals surface area contributed by atoms with Crippen molar-refractivity contribution in [3.8, 4) is 0 Å². The van der Waals surface area contributed by atoms with Gasteiger partial charge in [-0.05, 0) is 42.4 Å². The van der Waals surface area contributed by atoms with E-state index in [1.54, 1.807) is 0 Å². The van der Waals surface area contributed by atoms with Gasteiger partial charge in [0, 0.05) is 0 Å². The van der Waals surface area contributed by atoms with Gasteiger partial charge in [-0.1, -0.05) is 34.1 Å². The summed E-state index contributed by atoms with van der Waals surface area (Å²) in [4.78, 5) is 11.0. The summed E-state index contributed by atoms with van der Waals surface area (Å²) in [5, 5.41) is 0. The maximum Gasteiger partial charge on any atom is 0.319 e. The standard InChI is InChI=1S/C13H15BrO2/c1-16-13(15)12(14)8-9-5-6-10-3-2-4-11(10)7-9/h5-7,12H,2-4,8H2,1H3. The van der Waals surface area contributed by atoms with Crippen LogP contribution >= 0.6 is 15.9 Å². The SMILES string of the molecule is COC(=O)C(Br)Cc1ccc2c(c1)CCC2. The van der Waals surface area contributed by atoms with Gasteiger partial charge >= 0.3 is 5.97 Å². The van der Waals surface area contributed by atoms with Crippen LogP contribution in [0, 0.1) is 0 Å². The Hall–Kier alpha value is -0.830. The third-order valence-electron chi connectivity index (χ3n) is 3.03. The maximum absolute atomic E-state index is 11.3. The van der Waals surface area contributed by atoms with Crippen molar-refractivity contribution in [2.24, 2.45) is 0 Å². The van der Waals surface area contributed by atoms with Gasteiger partial charge in [0.1, 0.15) is 4.83 Å². The van der Waals surface area contributed by atoms with E-state index >= 15 is 0 Å². The van der Waals surface area contributed by atoms with Crippen LogP contribution in [-0.2, 0) is 28.8 Å². The zero-order valence-corrected chi connectivity index (χ0v) is 10.9. The van der Waals surface area contributed by atoms with Gasteiger partial charge in [0.2, 0.25) is 0 Å². The molecule has 0 N–H and O–H groups in total. The van der Waals surface area contributed by atoms with E-state index < -0.39 is 0 Å². The molecule has 1 aromatic carbocycles. The van der Waals surface area contributed by atoms with E-state index in [4.69, 9.17) is 4.74 Å². The van der Waals surface area contributed by atoms with E-state index in [9.17, 15) is 4.79 Å². The molecule has 0 fully saturated rings. The average Bonchev–Trinajstić information content (AvgIpc) is 2.75. The zero-order valence-electron chi connectivity index (χ0n) is 9.33. The highest BCUT2D eigenvalue weighted by molar-refractivity contribution is 9.10. The number of carbonyl (C=O) groups excluding carboxylic acids is 1. The first kappa shape index (κ1) is 11.6. The highest BCUT2D eigenvalue weighted by atomic mass is 79.9. The molecule has 0 saturated carbocycles. The summed E-state index contributed by atoms with van der Waals surface area (Å²) in [5.41, 5.74) is 4.11. The van der Waals surface area contributed by atoms with Crippen LogP contribution in [0.4, 0.5) is 0 Å². The highest BCUT2D eigenvalue weighted by Gasteiger charge is 2.17. The lowest BCUT2D eigenvalue weighted by atomic mass is 10.0. The molecule has 1 atom stereocenters. The number of carbonyl (C=O) groups is 1. The summed E-state index contributed by atoms with van der Waals surface area (Å²) < 4.78 is 4.69. The van der Waals surface area contributed by atoms with Gasteiger partial charge in [0.05, 0.1) is 7.11 Å². The van der Waals surface area contributed by atoms with E-state index in [0.29, 0.717) is 6.42 Å². The van der Waals surface area contributed by atoms with E-state index in [-0.39, 0.29) is 10.8 Å². The fourth-order valence-corrected chi connectivity index (χ4v) is 2.73. The number of methoxy groups -OCH3 is 1. The Bertz CT molecular complexity index is 401. The normalized spacial score (nSPS) is 15.6. The van der Waals surface area contributed by atoms with E-state index in [0.717, 1.165) is 0 Å². The first-order valence-electron chi connectivity index (χ1n) is 5.53. The van der Waals surface area contributed by atoms with E-state index in [1.807, 2.05) is 0 Å². The number of hydrogen-bond acceptors (Lipinski definition) is 2. The molecule has 1 aliphatic carbocycles. The van der Waals surface area contributed by atoms with Crippen molar-refractivity contribution in [1.29, 1.82) is 0 Å². The molecule has 1 aliphatic rings. The van der Waals surface area contributed by atoms with Crippen molar-refractivity contribution in [3.05, 3.63) is 34.9 Å². The van der Waals surface area contributed by atoms with Gasteiger partial charge in [-0.2, -0.15) is 0 Å². The van der Waals surface area contributed by atoms with Crippen LogP contribution in [0.5, 0.6) is 0 Å². The third-order valence-corrected chi connectivity index (χ3v) is 3.73. The summed E-state index contributed by atoms with van der Waals surface area (Å²) in [6.07, 6.45) is 4.33. The monoisotopic (exact) mass is 282 g/mol. The topological polar surface area (TPSA) is 26.3 Å². The number of ether oxygens (including phenoxy) is 1. The first-order valence-corrected chi connectivity index (χ1v) is 6.45. The Kier molecular flexibility index (Phi) is 3.64. The molecular formula is C13H15BrO2. The van der Waals surface area contributed by atoms with Crippen molar-refractivity contribution in [2.75, 3.05) is 7.11 Å². The van der Waals surface area contributed by atoms with Crippen molar-refractivity contribution >= 4 is 21.9 Å². The predicted octanol–water partition coefficient (Wildman–Crippen LogP) is 2.65. The average molecular weight is 283 g/mol. The molecule has 1 unspecified atom stereocenters. The van der Waals surface area contributed by atoms with Crippen molar-refractivity contribution in [2.45, 2.75) is 30.5 Å². The summed E-state index contributed by atoms with van der Waals surface area (Å²) in [6.45, 7) is 0. The van der Waals surface area contributed by atoms with Crippen molar-refractivity contribution < 1.29 is 9.53 Å². The summed E-state index contributed by atoms with van der Waals surface area (Å²) >= 11 is 3.35. The van der Waals surface area contributed by atoms with Gasteiger partial charge in [-0.15, -0.1) is 0 Å². The van der Waals surface area contributed by atoms with Gasteiger partial charge in [-0.25, -0.2) is 0 Å². The molecule has 1 aromatic rings. The number of halogens is 1. The van der Waals surface area contributed by atoms with Gasteiger partial charge in [-0.3, -0.25) is 4.79 Å². The number of fused-ring (bicyclic) bond motifs is 1. The van der Waals surface area contributed by atoms with Crippen molar-refractivity contribution in [1.82, 2.24) is 0 Å². The number of esters is 1. The van der Waals surface area contributed by atoms with Gasteiger partial charge in [0.15, 0.2) is 0 Å². The lowest BCUT2D eigenvalue weighted by Crippen LogP contribution is -2.18. The fraction of sp³-hybridized carbons (Fsp3) is 0.462. The molecule has 2 nitrogen and oxygen atoms in total. The molecule has 0 saturated heterocycles. The van der Waals surface area contributed by atoms with E-state index in [1.165, 1.54) is 43.1 Å². The molecule has 0 bridgehead atoms. The van der Waals surface area contributed by atoms with Gasteiger partial charge < -0.3 is 4.74 Å². The number of hydrogen-bond donors (Lipinski definition) is 0. The number of alkyl halides is 1. The third kappa shape index (κ3) is 2.46. The zero-order chi connectivity index (χ0) is 11.5. The summed E-state index contributed by atoms with van der Waals surface area (Å²) in [7, 11) is 1.42. The van der Waals surface area contributed by atoms with Crippen LogP contribution in [0.25, 0.3) is 0 Å². The Labute approximate surface area is 104 Å². The number of benzene rings is 1. The quantitative estimate of drug-likeness (QED) is 0.629. The molecule has 0 aromatic heterocycles. The Morgan fingerprint density at radius 3 is 2.94 bits per heavy atom.